The van der Waals surface area contributed by atoms with Crippen LogP contribution in [-0.2, 0) is 0 Å². The highest BCUT2D eigenvalue weighted by molar-refractivity contribution is 5.86. The molecule has 0 N–H and O–H groups in total. The molecule has 2 aromatic heterocycles. The second-order valence-corrected chi connectivity index (χ2v) is 5.95. The first kappa shape index (κ1) is 14.5. The molecule has 0 fully saturated rings. The highest BCUT2D eigenvalue weighted by Gasteiger charge is 2.17. The number of aryl methyl sites for hydroxylation is 1. The maximum atomic E-state index is 4.89. The lowest BCUT2D eigenvalue weighted by Gasteiger charge is -2.09. The van der Waals surface area contributed by atoms with Crippen molar-refractivity contribution in [1.82, 2.24) is 9.38 Å². The van der Waals surface area contributed by atoms with E-state index in [1.54, 1.807) is 0 Å². The molecule has 2 nitrogen and oxygen atoms in total. The van der Waals surface area contributed by atoms with Gasteiger partial charge in [0.15, 0.2) is 0 Å². The Bertz CT molecular complexity index is 1010. The molecule has 116 valence electrons. The Morgan fingerprint density at radius 1 is 0.917 bits per heavy atom. The van der Waals surface area contributed by atoms with Crippen molar-refractivity contribution in [1.29, 1.82) is 0 Å². The lowest BCUT2D eigenvalue weighted by molar-refractivity contribution is 1.14. The average molecular weight is 310 g/mol. The molecule has 0 radical (unpaired) electrons. The van der Waals surface area contributed by atoms with Gasteiger partial charge in [-0.15, -0.1) is 0 Å². The predicted molar refractivity (Wildman–Crippen MR) is 99.9 cm³/mol. The number of pyridine rings is 1. The van der Waals surface area contributed by atoms with E-state index in [2.05, 4.69) is 60.5 Å². The summed E-state index contributed by atoms with van der Waals surface area (Å²) in [6.45, 7) is 6.45. The standard InChI is InChI=1S/C22H18N2/c1-16-13-14-24-20(15-16)23-21(19-11-7-4-8-12-19)22(24)17(2)18-9-5-3-6-10-18/h3-15H,2H2,1H3. The zero-order valence-electron chi connectivity index (χ0n) is 13.6. The van der Waals surface area contributed by atoms with Gasteiger partial charge in [-0.3, -0.25) is 4.40 Å². The van der Waals surface area contributed by atoms with Crippen molar-refractivity contribution in [2.24, 2.45) is 0 Å². The molecule has 0 saturated carbocycles. The number of hydrogen-bond donors (Lipinski definition) is 0. The van der Waals surface area contributed by atoms with Gasteiger partial charge in [-0.1, -0.05) is 67.2 Å². The Kier molecular flexibility index (Phi) is 3.51. The van der Waals surface area contributed by atoms with Gasteiger partial charge in [0.2, 0.25) is 0 Å². The average Bonchev–Trinajstić information content (AvgIpc) is 3.01. The summed E-state index contributed by atoms with van der Waals surface area (Å²) in [5.74, 6) is 0. The molecule has 0 aliphatic carbocycles. The number of imidazole rings is 1. The molecular formula is C22H18N2. The lowest BCUT2D eigenvalue weighted by Crippen LogP contribution is -1.95. The largest absolute Gasteiger partial charge is 0.299 e. The van der Waals surface area contributed by atoms with Crippen molar-refractivity contribution in [3.8, 4) is 11.3 Å². The van der Waals surface area contributed by atoms with Crippen LogP contribution in [0.25, 0.3) is 22.5 Å². The second-order valence-electron chi connectivity index (χ2n) is 5.95. The third kappa shape index (κ3) is 2.42. The predicted octanol–water partition coefficient (Wildman–Crippen LogP) is 5.37. The molecule has 0 atom stereocenters. The Labute approximate surface area is 141 Å². The van der Waals surface area contributed by atoms with Gasteiger partial charge in [0.25, 0.3) is 0 Å². The second kappa shape index (κ2) is 5.82. The van der Waals surface area contributed by atoms with E-state index >= 15 is 0 Å². The van der Waals surface area contributed by atoms with Crippen molar-refractivity contribution >= 4 is 11.2 Å². The van der Waals surface area contributed by atoms with Gasteiger partial charge in [-0.2, -0.15) is 0 Å². The van der Waals surface area contributed by atoms with Crippen LogP contribution in [0.2, 0.25) is 0 Å². The quantitative estimate of drug-likeness (QED) is 0.497. The summed E-state index contributed by atoms with van der Waals surface area (Å²) in [5, 5.41) is 0. The van der Waals surface area contributed by atoms with Crippen molar-refractivity contribution in [2.75, 3.05) is 0 Å². The molecule has 0 aliphatic heterocycles. The first-order valence-electron chi connectivity index (χ1n) is 8.03. The molecule has 4 aromatic rings. The minimum atomic E-state index is 0.945. The number of benzene rings is 2. The molecule has 4 rings (SSSR count). The number of fused-ring (bicyclic) bond motifs is 1. The summed E-state index contributed by atoms with van der Waals surface area (Å²) >= 11 is 0. The Morgan fingerprint density at radius 2 is 1.58 bits per heavy atom. The van der Waals surface area contributed by atoms with Crippen LogP contribution in [0.15, 0.2) is 85.6 Å². The fourth-order valence-electron chi connectivity index (χ4n) is 3.01. The summed E-state index contributed by atoms with van der Waals surface area (Å²) in [7, 11) is 0. The molecule has 2 aromatic carbocycles. The molecule has 0 saturated heterocycles. The van der Waals surface area contributed by atoms with Crippen molar-refractivity contribution in [2.45, 2.75) is 6.92 Å². The molecule has 0 bridgehead atoms. The smallest absolute Gasteiger partial charge is 0.138 e. The number of nitrogens with zero attached hydrogens (tertiary/aromatic N) is 2. The number of hydrogen-bond acceptors (Lipinski definition) is 1. The maximum Gasteiger partial charge on any atom is 0.138 e. The minimum absolute atomic E-state index is 0.945. The summed E-state index contributed by atoms with van der Waals surface area (Å²) in [6, 6.07) is 24.8. The Hall–Kier alpha value is -3.13. The van der Waals surface area contributed by atoms with Crippen LogP contribution in [0.4, 0.5) is 0 Å². The molecule has 0 amide bonds. The summed E-state index contributed by atoms with van der Waals surface area (Å²) in [5.41, 5.74) is 7.34. The SMILES string of the molecule is C=C(c1ccccc1)c1c(-c2ccccc2)nc2cc(C)ccn12. The van der Waals surface area contributed by atoms with Crippen LogP contribution in [0, 0.1) is 6.92 Å². The van der Waals surface area contributed by atoms with Crippen LogP contribution in [0.1, 0.15) is 16.8 Å². The highest BCUT2D eigenvalue weighted by atomic mass is 15.0. The lowest BCUT2D eigenvalue weighted by atomic mass is 10.00. The fraction of sp³-hybridized carbons (Fsp3) is 0.0455. The first-order chi connectivity index (χ1) is 11.7. The van der Waals surface area contributed by atoms with Gasteiger partial charge in [0, 0.05) is 17.3 Å². The fourth-order valence-corrected chi connectivity index (χ4v) is 3.01. The first-order valence-corrected chi connectivity index (χ1v) is 8.03. The zero-order chi connectivity index (χ0) is 16.5. The zero-order valence-corrected chi connectivity index (χ0v) is 13.6. The van der Waals surface area contributed by atoms with Gasteiger partial charge >= 0.3 is 0 Å². The number of rotatable bonds is 3. The van der Waals surface area contributed by atoms with E-state index in [4.69, 9.17) is 4.98 Å². The topological polar surface area (TPSA) is 17.3 Å². The van der Waals surface area contributed by atoms with Gasteiger partial charge in [-0.05, 0) is 30.2 Å². The Balaban J connectivity index is 2.00. The minimum Gasteiger partial charge on any atom is -0.299 e. The van der Waals surface area contributed by atoms with E-state index in [-0.39, 0.29) is 0 Å². The molecule has 2 heterocycles. The van der Waals surface area contributed by atoms with E-state index in [1.807, 2.05) is 36.4 Å². The van der Waals surface area contributed by atoms with E-state index in [0.29, 0.717) is 0 Å². The van der Waals surface area contributed by atoms with Crippen molar-refractivity contribution in [3.05, 3.63) is 102 Å². The number of aromatic nitrogens is 2. The summed E-state index contributed by atoms with van der Waals surface area (Å²) in [6.07, 6.45) is 2.08. The Morgan fingerprint density at radius 3 is 2.29 bits per heavy atom. The van der Waals surface area contributed by atoms with Gasteiger partial charge in [0.1, 0.15) is 5.65 Å². The van der Waals surface area contributed by atoms with Crippen LogP contribution in [0.3, 0.4) is 0 Å². The van der Waals surface area contributed by atoms with Gasteiger partial charge < -0.3 is 0 Å². The van der Waals surface area contributed by atoms with Crippen LogP contribution < -0.4 is 0 Å². The molecule has 0 spiro atoms. The molecule has 0 aliphatic rings. The van der Waals surface area contributed by atoms with E-state index in [1.165, 1.54) is 5.56 Å². The van der Waals surface area contributed by atoms with Gasteiger partial charge in [0.05, 0.1) is 11.4 Å². The van der Waals surface area contributed by atoms with Gasteiger partial charge in [-0.25, -0.2) is 4.98 Å². The third-order valence-corrected chi connectivity index (χ3v) is 4.24. The molecule has 0 unspecified atom stereocenters. The maximum absolute atomic E-state index is 4.89. The summed E-state index contributed by atoms with van der Waals surface area (Å²) in [4.78, 5) is 4.89. The van der Waals surface area contributed by atoms with Crippen LogP contribution >= 0.6 is 0 Å². The highest BCUT2D eigenvalue weighted by Crippen LogP contribution is 2.32. The normalized spacial score (nSPS) is 10.9. The van der Waals surface area contributed by atoms with Crippen LogP contribution in [-0.4, -0.2) is 9.38 Å². The van der Waals surface area contributed by atoms with Crippen LogP contribution in [0.5, 0.6) is 0 Å². The van der Waals surface area contributed by atoms with E-state index < -0.39 is 0 Å². The summed E-state index contributed by atoms with van der Waals surface area (Å²) < 4.78 is 2.13. The van der Waals surface area contributed by atoms with E-state index in [0.717, 1.165) is 33.7 Å². The molecule has 24 heavy (non-hydrogen) atoms. The molecular weight excluding hydrogens is 292 g/mol. The van der Waals surface area contributed by atoms with Crippen molar-refractivity contribution < 1.29 is 0 Å². The van der Waals surface area contributed by atoms with E-state index in [9.17, 15) is 0 Å². The monoisotopic (exact) mass is 310 g/mol. The van der Waals surface area contributed by atoms with Crippen molar-refractivity contribution in [3.63, 3.8) is 0 Å². The third-order valence-electron chi connectivity index (χ3n) is 4.24. The molecule has 2 heteroatoms.